The zero-order valence-corrected chi connectivity index (χ0v) is 16.7. The van der Waals surface area contributed by atoms with E-state index in [-0.39, 0.29) is 0 Å². The number of anilines is 1. The molecule has 0 atom stereocenters. The first-order chi connectivity index (χ1) is 14.8. The minimum absolute atomic E-state index is 0.603. The van der Waals surface area contributed by atoms with Crippen LogP contribution in [0.15, 0.2) is 64.3 Å². The maximum atomic E-state index is 5.52. The Morgan fingerprint density at radius 3 is 2.60 bits per heavy atom. The predicted octanol–water partition coefficient (Wildman–Crippen LogP) is 2.23. The lowest BCUT2D eigenvalue weighted by Gasteiger charge is -2.37. The van der Waals surface area contributed by atoms with Crippen molar-refractivity contribution < 1.29 is 4.42 Å². The molecule has 0 bridgehead atoms. The molecule has 3 aromatic rings. The summed E-state index contributed by atoms with van der Waals surface area (Å²) >= 11 is 0. The SMILES string of the molecule is C1=C(CN2CCN(c3ccccc3)CC2)c2nc(-c3ccco3)nn2C2=NCCN12. The Morgan fingerprint density at radius 1 is 0.933 bits per heavy atom. The minimum Gasteiger partial charge on any atom is -0.461 e. The first kappa shape index (κ1) is 17.5. The molecule has 0 saturated carbocycles. The standard InChI is InChI=1S/C22H23N7O/c1-2-5-18(6-3-1)27-12-10-26(11-13-27)15-17-16-28-9-8-23-22(28)29-21(17)24-20(25-29)19-7-4-14-30-19/h1-7,14,16H,8-13,15H2. The summed E-state index contributed by atoms with van der Waals surface area (Å²) < 4.78 is 7.40. The highest BCUT2D eigenvalue weighted by molar-refractivity contribution is 5.91. The van der Waals surface area contributed by atoms with Gasteiger partial charge >= 0.3 is 0 Å². The number of fused-ring (bicyclic) bond motifs is 3. The highest BCUT2D eigenvalue weighted by atomic mass is 16.3. The average Bonchev–Trinajstić information content (AvgIpc) is 3.54. The molecule has 0 N–H and O–H groups in total. The molecular weight excluding hydrogens is 378 g/mol. The van der Waals surface area contributed by atoms with Gasteiger partial charge in [0.1, 0.15) is 0 Å². The zero-order valence-electron chi connectivity index (χ0n) is 16.7. The van der Waals surface area contributed by atoms with E-state index >= 15 is 0 Å². The quantitative estimate of drug-likeness (QED) is 0.668. The second-order valence-electron chi connectivity index (χ2n) is 7.78. The van der Waals surface area contributed by atoms with E-state index in [9.17, 15) is 0 Å². The molecule has 1 aromatic carbocycles. The summed E-state index contributed by atoms with van der Waals surface area (Å²) in [7, 11) is 0. The van der Waals surface area contributed by atoms with Crippen LogP contribution in [0.2, 0.25) is 0 Å². The van der Waals surface area contributed by atoms with Gasteiger partial charge in [-0.15, -0.1) is 5.10 Å². The Hall–Kier alpha value is -3.39. The monoisotopic (exact) mass is 401 g/mol. The normalized spacial score (nSPS) is 18.8. The van der Waals surface area contributed by atoms with Crippen LogP contribution in [0.4, 0.5) is 5.69 Å². The van der Waals surface area contributed by atoms with Crippen molar-refractivity contribution in [3.8, 4) is 11.6 Å². The number of hydrogen-bond donors (Lipinski definition) is 0. The van der Waals surface area contributed by atoms with Crippen molar-refractivity contribution in [2.75, 3.05) is 50.7 Å². The lowest BCUT2D eigenvalue weighted by molar-refractivity contribution is 0.286. The van der Waals surface area contributed by atoms with Gasteiger partial charge in [-0.25, -0.2) is 9.98 Å². The Bertz CT molecular complexity index is 1090. The molecule has 152 valence electrons. The van der Waals surface area contributed by atoms with Gasteiger partial charge in [-0.05, 0) is 24.3 Å². The number of benzene rings is 1. The summed E-state index contributed by atoms with van der Waals surface area (Å²) in [4.78, 5) is 16.6. The van der Waals surface area contributed by atoms with Gasteiger partial charge in [0.05, 0.1) is 12.8 Å². The number of aliphatic imine (C=N–C) groups is 1. The van der Waals surface area contributed by atoms with Crippen LogP contribution < -0.4 is 4.90 Å². The summed E-state index contributed by atoms with van der Waals surface area (Å²) in [6, 6.07) is 14.4. The third-order valence-corrected chi connectivity index (χ3v) is 5.88. The number of furan rings is 1. The first-order valence-corrected chi connectivity index (χ1v) is 10.4. The van der Waals surface area contributed by atoms with E-state index in [0.29, 0.717) is 11.6 Å². The fraction of sp³-hybridized carbons (Fsp3) is 0.318. The largest absolute Gasteiger partial charge is 0.461 e. The van der Waals surface area contributed by atoms with Crippen molar-refractivity contribution in [3.05, 3.63) is 60.8 Å². The Balaban J connectivity index is 1.23. The molecule has 6 rings (SSSR count). The van der Waals surface area contributed by atoms with Gasteiger partial charge in [0, 0.05) is 56.7 Å². The van der Waals surface area contributed by atoms with Crippen LogP contribution in [0, 0.1) is 0 Å². The average molecular weight is 401 g/mol. The first-order valence-electron chi connectivity index (χ1n) is 10.4. The van der Waals surface area contributed by atoms with E-state index in [4.69, 9.17) is 14.5 Å². The Kier molecular flexibility index (Phi) is 4.16. The maximum absolute atomic E-state index is 5.52. The van der Waals surface area contributed by atoms with E-state index < -0.39 is 0 Å². The van der Waals surface area contributed by atoms with E-state index in [1.54, 1.807) is 6.26 Å². The molecule has 8 nitrogen and oxygen atoms in total. The highest BCUT2D eigenvalue weighted by Crippen LogP contribution is 2.27. The molecule has 8 heteroatoms. The van der Waals surface area contributed by atoms with Gasteiger partial charge in [-0.2, -0.15) is 4.68 Å². The molecule has 3 aliphatic rings. The summed E-state index contributed by atoms with van der Waals surface area (Å²) in [6.45, 7) is 6.61. The summed E-state index contributed by atoms with van der Waals surface area (Å²) in [5, 5.41) is 4.70. The molecule has 1 fully saturated rings. The lowest BCUT2D eigenvalue weighted by atomic mass is 10.2. The topological polar surface area (TPSA) is 65.9 Å². The van der Waals surface area contributed by atoms with Crippen LogP contribution in [0.3, 0.4) is 0 Å². The second kappa shape index (κ2) is 7.14. The van der Waals surface area contributed by atoms with Crippen molar-refractivity contribution in [2.24, 2.45) is 4.99 Å². The van der Waals surface area contributed by atoms with Gasteiger partial charge < -0.3 is 14.2 Å². The van der Waals surface area contributed by atoms with Gasteiger partial charge in [-0.1, -0.05) is 18.2 Å². The van der Waals surface area contributed by atoms with Crippen LogP contribution >= 0.6 is 0 Å². The summed E-state index contributed by atoms with van der Waals surface area (Å²) in [5.74, 6) is 3.00. The number of hydrogen-bond acceptors (Lipinski definition) is 7. The van der Waals surface area contributed by atoms with Gasteiger partial charge in [0.15, 0.2) is 11.6 Å². The van der Waals surface area contributed by atoms with Crippen molar-refractivity contribution >= 4 is 17.2 Å². The smallest absolute Gasteiger partial charge is 0.228 e. The molecule has 30 heavy (non-hydrogen) atoms. The van der Waals surface area contributed by atoms with Crippen molar-refractivity contribution in [3.63, 3.8) is 0 Å². The van der Waals surface area contributed by atoms with Crippen molar-refractivity contribution in [1.29, 1.82) is 0 Å². The van der Waals surface area contributed by atoms with E-state index in [0.717, 1.165) is 57.6 Å². The maximum Gasteiger partial charge on any atom is 0.228 e. The predicted molar refractivity (Wildman–Crippen MR) is 115 cm³/mol. The molecule has 5 heterocycles. The van der Waals surface area contributed by atoms with E-state index in [2.05, 4.69) is 56.2 Å². The third-order valence-electron chi connectivity index (χ3n) is 5.88. The van der Waals surface area contributed by atoms with Gasteiger partial charge in [0.2, 0.25) is 11.8 Å². The van der Waals surface area contributed by atoms with Crippen LogP contribution in [-0.2, 0) is 0 Å². The van der Waals surface area contributed by atoms with Crippen LogP contribution in [0.1, 0.15) is 5.82 Å². The summed E-state index contributed by atoms with van der Waals surface area (Å²) in [5.41, 5.74) is 2.48. The highest BCUT2D eigenvalue weighted by Gasteiger charge is 2.31. The van der Waals surface area contributed by atoms with Crippen molar-refractivity contribution in [2.45, 2.75) is 0 Å². The fourth-order valence-electron chi connectivity index (χ4n) is 4.33. The molecule has 0 unspecified atom stereocenters. The zero-order chi connectivity index (χ0) is 19.9. The van der Waals surface area contributed by atoms with E-state index in [1.165, 1.54) is 11.3 Å². The lowest BCUT2D eigenvalue weighted by Crippen LogP contribution is -2.47. The Morgan fingerprint density at radius 2 is 1.80 bits per heavy atom. The van der Waals surface area contributed by atoms with Crippen molar-refractivity contribution in [1.82, 2.24) is 24.6 Å². The number of rotatable bonds is 4. The summed E-state index contributed by atoms with van der Waals surface area (Å²) in [6.07, 6.45) is 3.85. The molecule has 2 aromatic heterocycles. The van der Waals surface area contributed by atoms with Gasteiger partial charge in [-0.3, -0.25) is 4.90 Å². The van der Waals surface area contributed by atoms with Gasteiger partial charge in [0.25, 0.3) is 0 Å². The number of nitrogens with zero attached hydrogens (tertiary/aromatic N) is 7. The fourth-order valence-corrected chi connectivity index (χ4v) is 4.33. The number of piperazine rings is 1. The molecule has 0 radical (unpaired) electrons. The molecule has 0 spiro atoms. The molecule has 3 aliphatic heterocycles. The third kappa shape index (κ3) is 3.00. The van der Waals surface area contributed by atoms with Crippen LogP contribution in [0.5, 0.6) is 0 Å². The van der Waals surface area contributed by atoms with E-state index in [1.807, 2.05) is 16.8 Å². The molecule has 0 aliphatic carbocycles. The molecule has 1 saturated heterocycles. The van der Waals surface area contributed by atoms with Crippen LogP contribution in [0.25, 0.3) is 17.2 Å². The Labute approximate surface area is 174 Å². The molecule has 0 amide bonds. The molecular formula is C22H23N7O. The minimum atomic E-state index is 0.603. The second-order valence-corrected chi connectivity index (χ2v) is 7.78. The number of aromatic nitrogens is 3. The van der Waals surface area contributed by atoms with Crippen LogP contribution in [-0.4, -0.2) is 76.3 Å². The number of para-hydroxylation sites is 1.